The van der Waals surface area contributed by atoms with Crippen LogP contribution in [0.5, 0.6) is 0 Å². The second kappa shape index (κ2) is 18.0. The SMILES string of the molecule is CCCCOC(=O)c1ccc(NC(=O)CSc2cccc(NC(=O)/C(=C\c3ccc(-c4ccccc4)cc3)NC(=O)c3ccccc3)c2)cc1. The second-order valence-electron chi connectivity index (χ2n) is 11.3. The van der Waals surface area contributed by atoms with Gasteiger partial charge < -0.3 is 20.7 Å². The maximum absolute atomic E-state index is 13.6. The van der Waals surface area contributed by atoms with E-state index in [9.17, 15) is 19.2 Å². The van der Waals surface area contributed by atoms with Gasteiger partial charge in [0.2, 0.25) is 5.91 Å². The molecule has 9 heteroatoms. The predicted molar refractivity (Wildman–Crippen MR) is 200 cm³/mol. The molecule has 0 saturated heterocycles. The molecule has 5 aromatic carbocycles. The number of hydrogen-bond donors (Lipinski definition) is 3. The molecule has 0 fully saturated rings. The van der Waals surface area contributed by atoms with Crippen LogP contribution in [-0.4, -0.2) is 36.1 Å². The summed E-state index contributed by atoms with van der Waals surface area (Å²) in [6.45, 7) is 2.40. The molecule has 252 valence electrons. The van der Waals surface area contributed by atoms with Crippen molar-refractivity contribution in [3.05, 3.63) is 156 Å². The molecule has 0 saturated carbocycles. The Morgan fingerprint density at radius 3 is 2.06 bits per heavy atom. The minimum atomic E-state index is -0.501. The zero-order valence-corrected chi connectivity index (χ0v) is 28.4. The third kappa shape index (κ3) is 10.5. The number of esters is 1. The first kappa shape index (κ1) is 35.4. The van der Waals surface area contributed by atoms with Crippen LogP contribution in [0.1, 0.15) is 46.0 Å². The van der Waals surface area contributed by atoms with Crippen LogP contribution in [0.2, 0.25) is 0 Å². The molecule has 3 amide bonds. The number of thioether (sulfide) groups is 1. The predicted octanol–water partition coefficient (Wildman–Crippen LogP) is 8.45. The van der Waals surface area contributed by atoms with Crippen molar-refractivity contribution in [2.24, 2.45) is 0 Å². The summed E-state index contributed by atoms with van der Waals surface area (Å²) in [7, 11) is 0. The molecule has 0 aliphatic heterocycles. The van der Waals surface area contributed by atoms with E-state index in [-0.39, 0.29) is 17.4 Å². The molecule has 5 rings (SSSR count). The summed E-state index contributed by atoms with van der Waals surface area (Å²) in [6.07, 6.45) is 3.38. The first-order valence-electron chi connectivity index (χ1n) is 16.2. The highest BCUT2D eigenvalue weighted by Crippen LogP contribution is 2.24. The van der Waals surface area contributed by atoms with Crippen molar-refractivity contribution < 1.29 is 23.9 Å². The minimum absolute atomic E-state index is 0.0731. The normalized spacial score (nSPS) is 10.9. The van der Waals surface area contributed by atoms with Crippen LogP contribution < -0.4 is 16.0 Å². The van der Waals surface area contributed by atoms with Crippen molar-refractivity contribution in [1.82, 2.24) is 5.32 Å². The molecule has 0 aliphatic carbocycles. The van der Waals surface area contributed by atoms with E-state index >= 15 is 0 Å². The highest BCUT2D eigenvalue weighted by atomic mass is 32.2. The van der Waals surface area contributed by atoms with Crippen LogP contribution in [0.25, 0.3) is 17.2 Å². The van der Waals surface area contributed by atoms with E-state index < -0.39 is 17.8 Å². The molecule has 0 unspecified atom stereocenters. The largest absolute Gasteiger partial charge is 0.462 e. The number of nitrogens with one attached hydrogen (secondary N) is 3. The fraction of sp³-hybridized carbons (Fsp3) is 0.122. The van der Waals surface area contributed by atoms with E-state index in [1.165, 1.54) is 11.8 Å². The van der Waals surface area contributed by atoms with Gasteiger partial charge in [-0.2, -0.15) is 0 Å². The Hall–Kier alpha value is -5.93. The van der Waals surface area contributed by atoms with Crippen molar-refractivity contribution in [3.8, 4) is 11.1 Å². The Morgan fingerprint density at radius 2 is 1.36 bits per heavy atom. The van der Waals surface area contributed by atoms with Crippen molar-refractivity contribution in [2.45, 2.75) is 24.7 Å². The van der Waals surface area contributed by atoms with E-state index in [4.69, 9.17) is 4.74 Å². The standard InChI is InChI=1S/C41H37N3O5S/c1-2-3-25-49-41(48)33-21-23-34(24-22-33)42-38(45)28-50-36-16-10-15-35(27-36)43-40(47)37(44-39(46)32-13-8-5-9-14-32)26-29-17-19-31(20-18-29)30-11-6-4-7-12-30/h4-24,26-27H,2-3,25,28H2,1H3,(H,42,45)(H,43,47)(H,44,46)/b37-26+. The summed E-state index contributed by atoms with van der Waals surface area (Å²) < 4.78 is 5.23. The van der Waals surface area contributed by atoms with E-state index in [0.29, 0.717) is 29.1 Å². The molecule has 0 spiro atoms. The lowest BCUT2D eigenvalue weighted by Gasteiger charge is -2.12. The Bertz CT molecular complexity index is 1940. The molecule has 3 N–H and O–H groups in total. The number of amides is 3. The Labute approximate surface area is 296 Å². The number of benzene rings is 5. The zero-order valence-electron chi connectivity index (χ0n) is 27.6. The Morgan fingerprint density at radius 1 is 0.680 bits per heavy atom. The maximum atomic E-state index is 13.6. The van der Waals surface area contributed by atoms with E-state index in [2.05, 4.69) is 16.0 Å². The number of ether oxygens (including phenoxy) is 1. The Balaban J connectivity index is 1.22. The fourth-order valence-electron chi connectivity index (χ4n) is 4.80. The van der Waals surface area contributed by atoms with Gasteiger partial charge >= 0.3 is 5.97 Å². The molecule has 0 radical (unpaired) electrons. The third-order valence-corrected chi connectivity index (χ3v) is 8.45. The van der Waals surface area contributed by atoms with Gasteiger partial charge in [-0.1, -0.05) is 92.2 Å². The first-order chi connectivity index (χ1) is 24.4. The average Bonchev–Trinajstić information content (AvgIpc) is 3.15. The number of unbranched alkanes of at least 4 members (excludes halogenated alkanes) is 1. The first-order valence-corrected chi connectivity index (χ1v) is 17.2. The van der Waals surface area contributed by atoms with Crippen LogP contribution in [0, 0.1) is 0 Å². The molecule has 0 heterocycles. The fourth-order valence-corrected chi connectivity index (χ4v) is 5.56. The maximum Gasteiger partial charge on any atom is 0.338 e. The molecule has 8 nitrogen and oxygen atoms in total. The summed E-state index contributed by atoms with van der Waals surface area (Å²) in [5.41, 5.74) is 4.82. The molecule has 0 aromatic heterocycles. The number of hydrogen-bond acceptors (Lipinski definition) is 6. The van der Waals surface area contributed by atoms with E-state index in [1.54, 1.807) is 72.8 Å². The zero-order chi connectivity index (χ0) is 35.1. The van der Waals surface area contributed by atoms with Crippen LogP contribution >= 0.6 is 11.8 Å². The number of carbonyl (C=O) groups excluding carboxylic acids is 4. The van der Waals surface area contributed by atoms with Gasteiger partial charge in [-0.25, -0.2) is 4.79 Å². The van der Waals surface area contributed by atoms with E-state index in [0.717, 1.165) is 34.4 Å². The summed E-state index contributed by atoms with van der Waals surface area (Å²) in [6, 6.07) is 40.1. The number of carbonyl (C=O) groups is 4. The summed E-state index contributed by atoms with van der Waals surface area (Å²) in [4.78, 5) is 52.2. The second-order valence-corrected chi connectivity index (χ2v) is 12.3. The summed E-state index contributed by atoms with van der Waals surface area (Å²) in [5.74, 6) is -1.41. The van der Waals surface area contributed by atoms with Gasteiger partial charge in [0.15, 0.2) is 0 Å². The minimum Gasteiger partial charge on any atom is -0.462 e. The van der Waals surface area contributed by atoms with E-state index in [1.807, 2.05) is 73.7 Å². The third-order valence-electron chi connectivity index (χ3n) is 7.45. The van der Waals surface area contributed by atoms with Crippen LogP contribution in [0.4, 0.5) is 11.4 Å². The molecule has 0 bridgehead atoms. The highest BCUT2D eigenvalue weighted by molar-refractivity contribution is 8.00. The van der Waals surface area contributed by atoms with Crippen LogP contribution in [-0.2, 0) is 14.3 Å². The summed E-state index contributed by atoms with van der Waals surface area (Å²) >= 11 is 1.30. The molecule has 50 heavy (non-hydrogen) atoms. The van der Waals surface area contributed by atoms with Crippen LogP contribution in [0.3, 0.4) is 0 Å². The molecule has 5 aromatic rings. The number of rotatable bonds is 14. The topological polar surface area (TPSA) is 114 Å². The lowest BCUT2D eigenvalue weighted by molar-refractivity contribution is -0.114. The van der Waals surface area contributed by atoms with Crippen molar-refractivity contribution in [1.29, 1.82) is 0 Å². The molecule has 0 atom stereocenters. The highest BCUT2D eigenvalue weighted by Gasteiger charge is 2.16. The van der Waals surface area contributed by atoms with Crippen molar-refractivity contribution >= 4 is 52.9 Å². The molecular formula is C41H37N3O5S. The van der Waals surface area contributed by atoms with Crippen molar-refractivity contribution in [3.63, 3.8) is 0 Å². The lowest BCUT2D eigenvalue weighted by Crippen LogP contribution is -2.30. The summed E-state index contributed by atoms with van der Waals surface area (Å²) in [5, 5.41) is 8.48. The van der Waals surface area contributed by atoms with Crippen molar-refractivity contribution in [2.75, 3.05) is 23.0 Å². The van der Waals surface area contributed by atoms with Gasteiger partial charge in [-0.3, -0.25) is 14.4 Å². The quantitative estimate of drug-likeness (QED) is 0.0469. The molecular weight excluding hydrogens is 647 g/mol. The monoisotopic (exact) mass is 683 g/mol. The van der Waals surface area contributed by atoms with Gasteiger partial charge in [0.05, 0.1) is 17.9 Å². The van der Waals surface area contributed by atoms with Gasteiger partial charge in [0, 0.05) is 21.8 Å². The average molecular weight is 684 g/mol. The molecule has 0 aliphatic rings. The van der Waals surface area contributed by atoms with Gasteiger partial charge in [-0.05, 0) is 83.8 Å². The number of anilines is 2. The van der Waals surface area contributed by atoms with Gasteiger partial charge in [0.25, 0.3) is 11.8 Å². The van der Waals surface area contributed by atoms with Crippen LogP contribution in [0.15, 0.2) is 144 Å². The van der Waals surface area contributed by atoms with Gasteiger partial charge in [-0.15, -0.1) is 11.8 Å². The lowest BCUT2D eigenvalue weighted by atomic mass is 10.0. The smallest absolute Gasteiger partial charge is 0.338 e. The Kier molecular flexibility index (Phi) is 12.7. The van der Waals surface area contributed by atoms with Gasteiger partial charge in [0.1, 0.15) is 5.70 Å².